The Kier molecular flexibility index (Phi) is 5.82. The molecule has 0 spiro atoms. The average molecular weight is 332 g/mol. The number of nitrogens with one attached hydrogen (secondary N) is 1. The van der Waals surface area contributed by atoms with E-state index in [0.29, 0.717) is 0 Å². The third-order valence-corrected chi connectivity index (χ3v) is 4.58. The SMILES string of the molecule is CCn1c(S[C@@H](C)C(=O)NC(C)C)nnc1-c1ccccc1C. The molecule has 0 unspecified atom stereocenters. The van der Waals surface area contributed by atoms with Gasteiger partial charge in [0.05, 0.1) is 5.25 Å². The van der Waals surface area contributed by atoms with Crippen LogP contribution in [0.25, 0.3) is 11.4 Å². The van der Waals surface area contributed by atoms with Gasteiger partial charge in [0.25, 0.3) is 0 Å². The van der Waals surface area contributed by atoms with Crippen molar-refractivity contribution >= 4 is 17.7 Å². The smallest absolute Gasteiger partial charge is 0.233 e. The minimum absolute atomic E-state index is 0.0214. The molecule has 1 heterocycles. The molecule has 0 saturated heterocycles. The van der Waals surface area contributed by atoms with Crippen LogP contribution in [0.1, 0.15) is 33.3 Å². The summed E-state index contributed by atoms with van der Waals surface area (Å²) in [6.45, 7) is 10.7. The number of benzene rings is 1. The van der Waals surface area contributed by atoms with Crippen LogP contribution in [0.3, 0.4) is 0 Å². The van der Waals surface area contributed by atoms with Crippen LogP contribution in [0, 0.1) is 6.92 Å². The van der Waals surface area contributed by atoms with Gasteiger partial charge < -0.3 is 9.88 Å². The van der Waals surface area contributed by atoms with Crippen molar-refractivity contribution in [3.8, 4) is 11.4 Å². The molecule has 0 bridgehead atoms. The minimum atomic E-state index is -0.211. The van der Waals surface area contributed by atoms with Gasteiger partial charge in [-0.15, -0.1) is 10.2 Å². The molecule has 0 radical (unpaired) electrons. The van der Waals surface area contributed by atoms with Gasteiger partial charge in [0.1, 0.15) is 0 Å². The van der Waals surface area contributed by atoms with Gasteiger partial charge in [0, 0.05) is 18.2 Å². The molecule has 1 amide bonds. The second-order valence-corrected chi connectivity index (χ2v) is 7.10. The van der Waals surface area contributed by atoms with Crippen molar-refractivity contribution in [3.63, 3.8) is 0 Å². The molecule has 1 atom stereocenters. The van der Waals surface area contributed by atoms with E-state index >= 15 is 0 Å². The third kappa shape index (κ3) is 4.13. The van der Waals surface area contributed by atoms with E-state index in [0.717, 1.165) is 28.7 Å². The first kappa shape index (κ1) is 17.5. The van der Waals surface area contributed by atoms with Gasteiger partial charge in [-0.25, -0.2) is 0 Å². The number of thioether (sulfide) groups is 1. The first-order valence-electron chi connectivity index (χ1n) is 7.90. The zero-order valence-electron chi connectivity index (χ0n) is 14.3. The second-order valence-electron chi connectivity index (χ2n) is 5.79. The van der Waals surface area contributed by atoms with Crippen LogP contribution in [0.5, 0.6) is 0 Å². The van der Waals surface area contributed by atoms with Gasteiger partial charge in [-0.1, -0.05) is 36.0 Å². The van der Waals surface area contributed by atoms with E-state index in [9.17, 15) is 4.79 Å². The Morgan fingerprint density at radius 3 is 2.57 bits per heavy atom. The molecule has 2 rings (SSSR count). The Labute approximate surface area is 141 Å². The molecular formula is C17H24N4OS. The Hall–Kier alpha value is -1.82. The standard InChI is InChI=1S/C17H24N4OS/c1-6-21-15(14-10-8-7-9-12(14)4)19-20-17(21)23-13(5)16(22)18-11(2)3/h7-11,13H,6H2,1-5H3,(H,18,22)/t13-/m0/s1. The fourth-order valence-corrected chi connectivity index (χ4v) is 3.22. The van der Waals surface area contributed by atoms with Crippen LogP contribution in [-0.2, 0) is 11.3 Å². The average Bonchev–Trinajstić information content (AvgIpc) is 2.89. The van der Waals surface area contributed by atoms with Crippen LogP contribution in [0.4, 0.5) is 0 Å². The maximum Gasteiger partial charge on any atom is 0.233 e. The summed E-state index contributed by atoms with van der Waals surface area (Å²) >= 11 is 1.44. The lowest BCUT2D eigenvalue weighted by Gasteiger charge is -2.14. The number of carbonyl (C=O) groups excluding carboxylic acids is 1. The summed E-state index contributed by atoms with van der Waals surface area (Å²) < 4.78 is 2.06. The van der Waals surface area contributed by atoms with Gasteiger partial charge in [-0.3, -0.25) is 4.79 Å². The van der Waals surface area contributed by atoms with Crippen LogP contribution in [-0.4, -0.2) is 32.0 Å². The molecule has 0 aliphatic heterocycles. The lowest BCUT2D eigenvalue weighted by molar-refractivity contribution is -0.120. The van der Waals surface area contributed by atoms with Crippen LogP contribution >= 0.6 is 11.8 Å². The molecule has 0 saturated carbocycles. The van der Waals surface area contributed by atoms with E-state index in [1.54, 1.807) is 0 Å². The number of amides is 1. The fourth-order valence-electron chi connectivity index (χ4n) is 2.30. The van der Waals surface area contributed by atoms with Crippen molar-refractivity contribution in [1.82, 2.24) is 20.1 Å². The number of carbonyl (C=O) groups is 1. The van der Waals surface area contributed by atoms with E-state index in [-0.39, 0.29) is 17.2 Å². The molecule has 5 nitrogen and oxygen atoms in total. The van der Waals surface area contributed by atoms with Gasteiger partial charge in [-0.2, -0.15) is 0 Å². The zero-order valence-corrected chi connectivity index (χ0v) is 15.1. The largest absolute Gasteiger partial charge is 0.353 e. The molecule has 2 aromatic rings. The summed E-state index contributed by atoms with van der Waals surface area (Å²) in [7, 11) is 0. The third-order valence-electron chi connectivity index (χ3n) is 3.50. The monoisotopic (exact) mass is 332 g/mol. The number of aryl methyl sites for hydroxylation is 1. The topological polar surface area (TPSA) is 59.8 Å². The molecule has 23 heavy (non-hydrogen) atoms. The molecule has 0 aliphatic rings. The van der Waals surface area contributed by atoms with Crippen molar-refractivity contribution in [2.75, 3.05) is 0 Å². The van der Waals surface area contributed by atoms with Crippen LogP contribution < -0.4 is 5.32 Å². The lowest BCUT2D eigenvalue weighted by Crippen LogP contribution is -2.36. The highest BCUT2D eigenvalue weighted by atomic mass is 32.2. The van der Waals surface area contributed by atoms with E-state index < -0.39 is 0 Å². The first-order valence-corrected chi connectivity index (χ1v) is 8.78. The zero-order chi connectivity index (χ0) is 17.0. The van der Waals surface area contributed by atoms with Gasteiger partial charge in [-0.05, 0) is 40.2 Å². The molecule has 1 aromatic carbocycles. The predicted molar refractivity (Wildman–Crippen MR) is 94.5 cm³/mol. The number of aromatic nitrogens is 3. The normalized spacial score (nSPS) is 12.4. The number of rotatable bonds is 6. The van der Waals surface area contributed by atoms with Gasteiger partial charge in [0.2, 0.25) is 5.91 Å². The quantitative estimate of drug-likeness (QED) is 0.825. The van der Waals surface area contributed by atoms with Crippen molar-refractivity contribution in [3.05, 3.63) is 29.8 Å². The van der Waals surface area contributed by atoms with Crippen LogP contribution in [0.2, 0.25) is 0 Å². The van der Waals surface area contributed by atoms with E-state index in [2.05, 4.69) is 46.1 Å². The Balaban J connectivity index is 2.25. The molecule has 6 heteroatoms. The summed E-state index contributed by atoms with van der Waals surface area (Å²) in [4.78, 5) is 12.1. The van der Waals surface area contributed by atoms with E-state index in [4.69, 9.17) is 0 Å². The molecule has 0 aliphatic carbocycles. The summed E-state index contributed by atoms with van der Waals surface area (Å²) in [6.07, 6.45) is 0. The van der Waals surface area contributed by atoms with E-state index in [1.807, 2.05) is 32.9 Å². The highest BCUT2D eigenvalue weighted by molar-refractivity contribution is 8.00. The number of hydrogen-bond donors (Lipinski definition) is 1. The summed E-state index contributed by atoms with van der Waals surface area (Å²) in [6, 6.07) is 8.27. The summed E-state index contributed by atoms with van der Waals surface area (Å²) in [5.74, 6) is 0.873. The Bertz CT molecular complexity index is 681. The van der Waals surface area contributed by atoms with Crippen molar-refractivity contribution in [2.24, 2.45) is 0 Å². The van der Waals surface area contributed by atoms with Crippen molar-refractivity contribution < 1.29 is 4.79 Å². The van der Waals surface area contributed by atoms with E-state index in [1.165, 1.54) is 11.8 Å². The molecule has 1 aromatic heterocycles. The predicted octanol–water partition coefficient (Wildman–Crippen LogP) is 3.28. The number of nitrogens with zero attached hydrogens (tertiary/aromatic N) is 3. The number of hydrogen-bond acceptors (Lipinski definition) is 4. The summed E-state index contributed by atoms with van der Waals surface area (Å²) in [5.41, 5.74) is 2.24. The van der Waals surface area contributed by atoms with Gasteiger partial charge in [0.15, 0.2) is 11.0 Å². The van der Waals surface area contributed by atoms with Crippen LogP contribution in [0.15, 0.2) is 29.4 Å². The van der Waals surface area contributed by atoms with Crippen molar-refractivity contribution in [2.45, 2.75) is 57.6 Å². The van der Waals surface area contributed by atoms with Crippen molar-refractivity contribution in [1.29, 1.82) is 0 Å². The maximum atomic E-state index is 12.1. The maximum absolute atomic E-state index is 12.1. The Morgan fingerprint density at radius 1 is 1.26 bits per heavy atom. The highest BCUT2D eigenvalue weighted by Gasteiger charge is 2.21. The Morgan fingerprint density at radius 2 is 1.96 bits per heavy atom. The minimum Gasteiger partial charge on any atom is -0.353 e. The fraction of sp³-hybridized carbons (Fsp3) is 0.471. The highest BCUT2D eigenvalue weighted by Crippen LogP contribution is 2.28. The molecule has 1 N–H and O–H groups in total. The molecule has 0 fully saturated rings. The lowest BCUT2D eigenvalue weighted by atomic mass is 10.1. The molecular weight excluding hydrogens is 308 g/mol. The first-order chi connectivity index (χ1) is 10.9. The second kappa shape index (κ2) is 7.64. The van der Waals surface area contributed by atoms with Gasteiger partial charge >= 0.3 is 0 Å². The molecule has 124 valence electrons. The summed E-state index contributed by atoms with van der Waals surface area (Å²) in [5, 5.41) is 12.1.